The maximum absolute atomic E-state index is 12.3. The molecule has 0 saturated heterocycles. The van der Waals surface area contributed by atoms with Crippen LogP contribution in [0.15, 0.2) is 52.9 Å². The van der Waals surface area contributed by atoms with Gasteiger partial charge in [0, 0.05) is 16.6 Å². The van der Waals surface area contributed by atoms with Crippen LogP contribution in [0.5, 0.6) is 0 Å². The zero-order valence-corrected chi connectivity index (χ0v) is 13.7. The van der Waals surface area contributed by atoms with Gasteiger partial charge in [-0.05, 0) is 25.1 Å². The number of benzene rings is 2. The number of hydrogen-bond acceptors (Lipinski definition) is 3. The van der Waals surface area contributed by atoms with Gasteiger partial charge in [-0.25, -0.2) is 0 Å². The molecule has 0 atom stereocenters. The van der Waals surface area contributed by atoms with Crippen LogP contribution in [0.2, 0.25) is 5.02 Å². The molecule has 0 bridgehead atoms. The molecule has 24 heavy (non-hydrogen) atoms. The third-order valence-electron chi connectivity index (χ3n) is 3.59. The predicted octanol–water partition coefficient (Wildman–Crippen LogP) is 3.76. The number of rotatable bonds is 4. The average molecular weight is 343 g/mol. The van der Waals surface area contributed by atoms with E-state index in [0.717, 1.165) is 5.39 Å². The zero-order chi connectivity index (χ0) is 17.1. The van der Waals surface area contributed by atoms with Crippen LogP contribution in [0.3, 0.4) is 0 Å². The molecule has 3 aromatic rings. The lowest BCUT2D eigenvalue weighted by atomic mass is 10.1. The van der Waals surface area contributed by atoms with Gasteiger partial charge in [0.15, 0.2) is 11.3 Å². The Bertz CT molecular complexity index is 903. The van der Waals surface area contributed by atoms with E-state index in [0.29, 0.717) is 21.9 Å². The largest absolute Gasteiger partial charge is 0.449 e. The Balaban J connectivity index is 1.68. The summed E-state index contributed by atoms with van der Waals surface area (Å²) in [5.74, 6) is -0.616. The molecule has 0 aliphatic heterocycles. The molecule has 122 valence electrons. The number of aryl methyl sites for hydroxylation is 1. The van der Waals surface area contributed by atoms with Crippen LogP contribution in [-0.4, -0.2) is 18.4 Å². The summed E-state index contributed by atoms with van der Waals surface area (Å²) in [4.78, 5) is 24.2. The Hall–Kier alpha value is -2.79. The van der Waals surface area contributed by atoms with Crippen molar-refractivity contribution in [2.75, 3.05) is 11.9 Å². The molecule has 0 aliphatic rings. The first-order chi connectivity index (χ1) is 11.6. The first kappa shape index (κ1) is 16.1. The van der Waals surface area contributed by atoms with E-state index in [1.807, 2.05) is 24.3 Å². The van der Waals surface area contributed by atoms with Crippen LogP contribution in [0.4, 0.5) is 5.69 Å². The maximum atomic E-state index is 12.3. The number of carbonyl (C=O) groups excluding carboxylic acids is 2. The molecule has 2 aromatic carbocycles. The van der Waals surface area contributed by atoms with Crippen LogP contribution in [-0.2, 0) is 4.79 Å². The van der Waals surface area contributed by atoms with Crippen molar-refractivity contribution < 1.29 is 14.0 Å². The minimum absolute atomic E-state index is 0.155. The lowest BCUT2D eigenvalue weighted by molar-refractivity contribution is -0.115. The van der Waals surface area contributed by atoms with Crippen molar-refractivity contribution in [1.29, 1.82) is 0 Å². The standard InChI is InChI=1S/C18H15ClN2O3/c1-11-13-8-5-9-14(19)17(13)24-16(11)18(23)20-10-15(22)21-12-6-3-2-4-7-12/h2-9H,10H2,1H3,(H,20,23)(H,21,22). The molecule has 0 spiro atoms. The van der Waals surface area contributed by atoms with Crippen molar-refractivity contribution in [3.63, 3.8) is 0 Å². The van der Waals surface area contributed by atoms with Gasteiger partial charge in [-0.3, -0.25) is 9.59 Å². The number of hydrogen-bond donors (Lipinski definition) is 2. The van der Waals surface area contributed by atoms with E-state index in [1.165, 1.54) is 0 Å². The number of nitrogens with one attached hydrogen (secondary N) is 2. The van der Waals surface area contributed by atoms with Crippen molar-refractivity contribution in [2.45, 2.75) is 6.92 Å². The van der Waals surface area contributed by atoms with Crippen LogP contribution >= 0.6 is 11.6 Å². The summed E-state index contributed by atoms with van der Waals surface area (Å²) in [6.45, 7) is 1.62. The Morgan fingerprint density at radius 2 is 1.83 bits per heavy atom. The van der Waals surface area contributed by atoms with Crippen LogP contribution in [0.25, 0.3) is 11.0 Å². The number of fused-ring (bicyclic) bond motifs is 1. The Labute approximate surface area is 143 Å². The molecule has 0 saturated carbocycles. The maximum Gasteiger partial charge on any atom is 0.287 e. The number of amides is 2. The summed E-state index contributed by atoms with van der Waals surface area (Å²) in [6, 6.07) is 14.3. The van der Waals surface area contributed by atoms with E-state index in [4.69, 9.17) is 16.0 Å². The summed E-state index contributed by atoms with van der Waals surface area (Å²) in [7, 11) is 0. The summed E-state index contributed by atoms with van der Waals surface area (Å²) in [5, 5.41) is 6.47. The Kier molecular flexibility index (Phi) is 4.53. The number of anilines is 1. The average Bonchev–Trinajstić information content (AvgIpc) is 2.92. The molecule has 3 rings (SSSR count). The Morgan fingerprint density at radius 3 is 2.54 bits per heavy atom. The highest BCUT2D eigenvalue weighted by atomic mass is 35.5. The highest BCUT2D eigenvalue weighted by molar-refractivity contribution is 6.35. The van der Waals surface area contributed by atoms with Crippen LogP contribution in [0.1, 0.15) is 16.1 Å². The highest BCUT2D eigenvalue weighted by Gasteiger charge is 2.19. The van der Waals surface area contributed by atoms with Crippen molar-refractivity contribution >= 4 is 40.1 Å². The summed E-state index contributed by atoms with van der Waals surface area (Å²) in [6.07, 6.45) is 0. The molecule has 0 fully saturated rings. The van der Waals surface area contributed by atoms with Gasteiger partial charge in [0.1, 0.15) is 0 Å². The monoisotopic (exact) mass is 342 g/mol. The number of halogens is 1. The second-order valence-corrected chi connectivity index (χ2v) is 5.68. The summed E-state index contributed by atoms with van der Waals surface area (Å²) >= 11 is 6.08. The number of carbonyl (C=O) groups is 2. The first-order valence-electron chi connectivity index (χ1n) is 7.37. The lowest BCUT2D eigenvalue weighted by Gasteiger charge is -2.06. The van der Waals surface area contributed by atoms with Gasteiger partial charge in [0.05, 0.1) is 11.6 Å². The van der Waals surface area contributed by atoms with E-state index in [9.17, 15) is 9.59 Å². The van der Waals surface area contributed by atoms with Crippen LogP contribution < -0.4 is 10.6 Å². The summed E-state index contributed by atoms with van der Waals surface area (Å²) in [5.41, 5.74) is 1.83. The van der Waals surface area contributed by atoms with Gasteiger partial charge in [-0.2, -0.15) is 0 Å². The van der Waals surface area contributed by atoms with Gasteiger partial charge in [-0.15, -0.1) is 0 Å². The highest BCUT2D eigenvalue weighted by Crippen LogP contribution is 2.30. The Morgan fingerprint density at radius 1 is 1.08 bits per heavy atom. The molecule has 1 aromatic heterocycles. The molecular weight excluding hydrogens is 328 g/mol. The fourth-order valence-corrected chi connectivity index (χ4v) is 2.61. The second-order valence-electron chi connectivity index (χ2n) is 5.27. The van der Waals surface area contributed by atoms with Crippen molar-refractivity contribution in [2.24, 2.45) is 0 Å². The number of furan rings is 1. The SMILES string of the molecule is Cc1c(C(=O)NCC(=O)Nc2ccccc2)oc2c(Cl)cccc12. The van der Waals surface area contributed by atoms with Gasteiger partial charge in [0.2, 0.25) is 5.91 Å². The molecule has 6 heteroatoms. The minimum Gasteiger partial charge on any atom is -0.449 e. The van der Waals surface area contributed by atoms with E-state index >= 15 is 0 Å². The van der Waals surface area contributed by atoms with E-state index in [2.05, 4.69) is 10.6 Å². The normalized spacial score (nSPS) is 10.6. The smallest absolute Gasteiger partial charge is 0.287 e. The zero-order valence-electron chi connectivity index (χ0n) is 12.9. The summed E-state index contributed by atoms with van der Waals surface area (Å²) < 4.78 is 5.57. The quantitative estimate of drug-likeness (QED) is 0.758. The van der Waals surface area contributed by atoms with Gasteiger partial charge >= 0.3 is 0 Å². The number of para-hydroxylation sites is 2. The predicted molar refractivity (Wildman–Crippen MR) is 93.4 cm³/mol. The van der Waals surface area contributed by atoms with E-state index in [1.54, 1.807) is 31.2 Å². The van der Waals surface area contributed by atoms with Gasteiger partial charge < -0.3 is 15.1 Å². The fraction of sp³-hybridized carbons (Fsp3) is 0.111. The van der Waals surface area contributed by atoms with E-state index < -0.39 is 5.91 Å². The van der Waals surface area contributed by atoms with Gasteiger partial charge in [0.25, 0.3) is 5.91 Å². The molecule has 0 unspecified atom stereocenters. The minimum atomic E-state index is -0.456. The van der Waals surface area contributed by atoms with Crippen molar-refractivity contribution in [3.05, 3.63) is 64.9 Å². The second kappa shape index (κ2) is 6.76. The molecule has 0 radical (unpaired) electrons. The fourth-order valence-electron chi connectivity index (χ4n) is 2.39. The lowest BCUT2D eigenvalue weighted by Crippen LogP contribution is -2.32. The molecule has 1 heterocycles. The molecular formula is C18H15ClN2O3. The van der Waals surface area contributed by atoms with Crippen LogP contribution in [0, 0.1) is 6.92 Å². The molecule has 5 nitrogen and oxygen atoms in total. The van der Waals surface area contributed by atoms with Gasteiger partial charge in [-0.1, -0.05) is 41.9 Å². The topological polar surface area (TPSA) is 71.3 Å². The van der Waals surface area contributed by atoms with Crippen molar-refractivity contribution in [3.8, 4) is 0 Å². The third-order valence-corrected chi connectivity index (χ3v) is 3.89. The molecule has 2 N–H and O–H groups in total. The van der Waals surface area contributed by atoms with E-state index in [-0.39, 0.29) is 18.2 Å². The molecule has 2 amide bonds. The third kappa shape index (κ3) is 3.26. The van der Waals surface area contributed by atoms with Crippen molar-refractivity contribution in [1.82, 2.24) is 5.32 Å². The molecule has 0 aliphatic carbocycles. The first-order valence-corrected chi connectivity index (χ1v) is 7.75.